The van der Waals surface area contributed by atoms with Gasteiger partial charge in [0.15, 0.2) is 0 Å². The van der Waals surface area contributed by atoms with Crippen LogP contribution in [0.5, 0.6) is 0 Å². The summed E-state index contributed by atoms with van der Waals surface area (Å²) in [5, 5.41) is 13.4. The lowest BCUT2D eigenvalue weighted by molar-refractivity contribution is -0.153. The largest absolute Gasteiger partial charge is 0.391 e. The Morgan fingerprint density at radius 2 is 2.09 bits per heavy atom. The molecule has 3 atom stereocenters. The lowest BCUT2D eigenvalue weighted by atomic mass is 9.92. The van der Waals surface area contributed by atoms with E-state index in [4.69, 9.17) is 0 Å². The number of amides is 2. The first-order chi connectivity index (χ1) is 10.6. The van der Waals surface area contributed by atoms with Crippen molar-refractivity contribution in [3.63, 3.8) is 0 Å². The SMILES string of the molecule is CC(O)[C@@H]1NC(=O)[C@@H]2Cc3c([nH]c4ccccc34)CN2C1=O. The third-order valence-electron chi connectivity index (χ3n) is 4.64. The standard InChI is InChI=1S/C16H17N3O3/c1-8(20)14-16(22)19-7-12-10(6-13(19)15(21)18-14)9-4-2-3-5-11(9)17-12/h2-5,8,13-14,17,20H,6-7H2,1H3,(H,18,21)/t8?,13-,14-/m0/s1. The maximum atomic E-state index is 12.5. The van der Waals surface area contributed by atoms with Gasteiger partial charge in [0.1, 0.15) is 12.1 Å². The highest BCUT2D eigenvalue weighted by molar-refractivity contribution is 5.98. The Hall–Kier alpha value is -2.34. The molecule has 2 aliphatic heterocycles. The number of nitrogens with zero attached hydrogens (tertiary/aromatic N) is 1. The molecule has 0 spiro atoms. The topological polar surface area (TPSA) is 85.4 Å². The van der Waals surface area contributed by atoms with E-state index in [1.165, 1.54) is 6.92 Å². The lowest BCUT2D eigenvalue weighted by Gasteiger charge is -2.42. The van der Waals surface area contributed by atoms with Crippen LogP contribution in [0.1, 0.15) is 18.2 Å². The minimum absolute atomic E-state index is 0.193. The molecule has 1 aromatic carbocycles. The van der Waals surface area contributed by atoms with Gasteiger partial charge in [0.25, 0.3) is 0 Å². The number of nitrogens with one attached hydrogen (secondary N) is 2. The average Bonchev–Trinajstić information content (AvgIpc) is 2.87. The molecule has 1 unspecified atom stereocenters. The van der Waals surface area contributed by atoms with Gasteiger partial charge in [0.2, 0.25) is 11.8 Å². The first kappa shape index (κ1) is 13.3. The van der Waals surface area contributed by atoms with Crippen LogP contribution in [0.15, 0.2) is 24.3 Å². The van der Waals surface area contributed by atoms with Gasteiger partial charge in [0.05, 0.1) is 12.6 Å². The van der Waals surface area contributed by atoms with E-state index in [1.54, 1.807) is 4.90 Å². The van der Waals surface area contributed by atoms with Crippen molar-refractivity contribution in [2.75, 3.05) is 0 Å². The van der Waals surface area contributed by atoms with Crippen molar-refractivity contribution in [2.24, 2.45) is 0 Å². The Kier molecular flexibility index (Phi) is 2.77. The molecule has 2 aromatic rings. The minimum atomic E-state index is -0.901. The zero-order valence-corrected chi connectivity index (χ0v) is 12.2. The van der Waals surface area contributed by atoms with E-state index in [0.29, 0.717) is 13.0 Å². The molecule has 1 fully saturated rings. The highest BCUT2D eigenvalue weighted by atomic mass is 16.3. The van der Waals surface area contributed by atoms with Crippen LogP contribution >= 0.6 is 0 Å². The van der Waals surface area contributed by atoms with Crippen LogP contribution in [0.3, 0.4) is 0 Å². The molecule has 6 nitrogen and oxygen atoms in total. The average molecular weight is 299 g/mol. The monoisotopic (exact) mass is 299 g/mol. The molecule has 2 amide bonds. The molecule has 3 N–H and O–H groups in total. The van der Waals surface area contributed by atoms with Crippen LogP contribution in [0.4, 0.5) is 0 Å². The van der Waals surface area contributed by atoms with Crippen molar-refractivity contribution >= 4 is 22.7 Å². The number of rotatable bonds is 1. The number of aliphatic hydroxyl groups is 1. The third kappa shape index (κ3) is 1.77. The summed E-state index contributed by atoms with van der Waals surface area (Å²) in [7, 11) is 0. The summed E-state index contributed by atoms with van der Waals surface area (Å²) in [6, 6.07) is 6.61. The van der Waals surface area contributed by atoms with E-state index >= 15 is 0 Å². The van der Waals surface area contributed by atoms with Crippen molar-refractivity contribution in [1.29, 1.82) is 0 Å². The Morgan fingerprint density at radius 1 is 1.32 bits per heavy atom. The number of para-hydroxylation sites is 1. The van der Waals surface area contributed by atoms with Crippen LogP contribution in [0.2, 0.25) is 0 Å². The molecule has 114 valence electrons. The van der Waals surface area contributed by atoms with E-state index in [-0.39, 0.29) is 11.8 Å². The van der Waals surface area contributed by atoms with Crippen molar-refractivity contribution in [3.05, 3.63) is 35.5 Å². The molecule has 0 aliphatic carbocycles. The number of piperazine rings is 1. The number of aliphatic hydroxyl groups excluding tert-OH is 1. The summed E-state index contributed by atoms with van der Waals surface area (Å²) in [5.74, 6) is -0.412. The number of aromatic nitrogens is 1. The van der Waals surface area contributed by atoms with Gasteiger partial charge in [-0.15, -0.1) is 0 Å². The second-order valence-corrected chi connectivity index (χ2v) is 6.04. The van der Waals surface area contributed by atoms with Gasteiger partial charge < -0.3 is 20.3 Å². The number of H-pyrrole nitrogens is 1. The predicted octanol–water partition coefficient (Wildman–Crippen LogP) is 0.300. The normalized spacial score (nSPS) is 25.6. The Morgan fingerprint density at radius 3 is 2.86 bits per heavy atom. The number of fused-ring (bicyclic) bond motifs is 4. The first-order valence-electron chi connectivity index (χ1n) is 7.43. The molecule has 1 saturated heterocycles. The lowest BCUT2D eigenvalue weighted by Crippen LogP contribution is -2.67. The van der Waals surface area contributed by atoms with E-state index in [1.807, 2.05) is 24.3 Å². The molecule has 2 aliphatic rings. The molecule has 0 saturated carbocycles. The number of hydrogen-bond acceptors (Lipinski definition) is 3. The summed E-state index contributed by atoms with van der Waals surface area (Å²) < 4.78 is 0. The van der Waals surface area contributed by atoms with Crippen LogP contribution in [0, 0.1) is 0 Å². The molecule has 4 rings (SSSR count). The third-order valence-corrected chi connectivity index (χ3v) is 4.64. The molecule has 22 heavy (non-hydrogen) atoms. The van der Waals surface area contributed by atoms with Crippen molar-refractivity contribution < 1.29 is 14.7 Å². The molecular weight excluding hydrogens is 282 g/mol. The number of aromatic amines is 1. The molecular formula is C16H17N3O3. The van der Waals surface area contributed by atoms with Gasteiger partial charge in [-0.3, -0.25) is 9.59 Å². The Balaban J connectivity index is 1.77. The fourth-order valence-electron chi connectivity index (χ4n) is 3.49. The zero-order chi connectivity index (χ0) is 15.4. The predicted molar refractivity (Wildman–Crippen MR) is 80.0 cm³/mol. The minimum Gasteiger partial charge on any atom is -0.391 e. The van der Waals surface area contributed by atoms with Crippen LogP contribution in [-0.4, -0.2) is 45.0 Å². The summed E-state index contributed by atoms with van der Waals surface area (Å²) in [6.07, 6.45) is -0.398. The summed E-state index contributed by atoms with van der Waals surface area (Å²) in [6.45, 7) is 1.89. The summed E-state index contributed by atoms with van der Waals surface area (Å²) >= 11 is 0. The highest BCUT2D eigenvalue weighted by Crippen LogP contribution is 2.32. The molecule has 3 heterocycles. The van der Waals surface area contributed by atoms with Crippen molar-refractivity contribution in [2.45, 2.75) is 38.1 Å². The Labute approximate surface area is 127 Å². The number of benzene rings is 1. The number of hydrogen-bond donors (Lipinski definition) is 3. The van der Waals surface area contributed by atoms with E-state index in [0.717, 1.165) is 22.2 Å². The number of carbonyl (C=O) groups is 2. The van der Waals surface area contributed by atoms with E-state index in [2.05, 4.69) is 10.3 Å². The molecule has 0 bridgehead atoms. The molecule has 1 aromatic heterocycles. The second-order valence-electron chi connectivity index (χ2n) is 6.04. The maximum absolute atomic E-state index is 12.5. The molecule has 0 radical (unpaired) electrons. The van der Waals surface area contributed by atoms with Gasteiger partial charge in [-0.2, -0.15) is 0 Å². The zero-order valence-electron chi connectivity index (χ0n) is 12.2. The first-order valence-corrected chi connectivity index (χ1v) is 7.43. The van der Waals surface area contributed by atoms with Crippen molar-refractivity contribution in [1.82, 2.24) is 15.2 Å². The van der Waals surface area contributed by atoms with Crippen LogP contribution in [-0.2, 0) is 22.6 Å². The number of carbonyl (C=O) groups excluding carboxylic acids is 2. The van der Waals surface area contributed by atoms with Gasteiger partial charge in [-0.1, -0.05) is 18.2 Å². The summed E-state index contributed by atoms with van der Waals surface area (Å²) in [5.41, 5.74) is 3.10. The fraction of sp³-hybridized carbons (Fsp3) is 0.375. The van der Waals surface area contributed by atoms with Crippen LogP contribution < -0.4 is 5.32 Å². The highest BCUT2D eigenvalue weighted by Gasteiger charge is 2.45. The van der Waals surface area contributed by atoms with E-state index < -0.39 is 18.2 Å². The quantitative estimate of drug-likeness (QED) is 0.708. The van der Waals surface area contributed by atoms with Gasteiger partial charge >= 0.3 is 0 Å². The van der Waals surface area contributed by atoms with E-state index in [9.17, 15) is 14.7 Å². The van der Waals surface area contributed by atoms with Crippen molar-refractivity contribution in [3.8, 4) is 0 Å². The van der Waals surface area contributed by atoms with Crippen LogP contribution in [0.25, 0.3) is 10.9 Å². The Bertz CT molecular complexity index is 780. The fourth-order valence-corrected chi connectivity index (χ4v) is 3.49. The molecule has 6 heteroatoms. The smallest absolute Gasteiger partial charge is 0.248 e. The van der Waals surface area contributed by atoms with Gasteiger partial charge in [-0.05, 0) is 18.6 Å². The summed E-state index contributed by atoms with van der Waals surface area (Å²) in [4.78, 5) is 29.8. The van der Waals surface area contributed by atoms with Gasteiger partial charge in [-0.25, -0.2) is 0 Å². The van der Waals surface area contributed by atoms with Gasteiger partial charge in [0, 0.05) is 23.0 Å². The second kappa shape index (κ2) is 4.58. The maximum Gasteiger partial charge on any atom is 0.248 e.